The lowest BCUT2D eigenvalue weighted by Gasteiger charge is -2.20. The van der Waals surface area contributed by atoms with Crippen LogP contribution in [-0.4, -0.2) is 9.97 Å². The Morgan fingerprint density at radius 2 is 1.93 bits per heavy atom. The van der Waals surface area contributed by atoms with Crippen LogP contribution in [0.4, 0.5) is 0 Å². The summed E-state index contributed by atoms with van der Waals surface area (Å²) in [4.78, 5) is 9.33. The highest BCUT2D eigenvalue weighted by atomic mass is 14.9. The van der Waals surface area contributed by atoms with Crippen LogP contribution in [-0.2, 0) is 5.41 Å². The van der Waals surface area contributed by atoms with Gasteiger partial charge in [0.2, 0.25) is 0 Å². The topological polar surface area (TPSA) is 25.8 Å². The first-order valence-corrected chi connectivity index (χ1v) is 5.93. The molecular weight excluding hydrogens is 184 g/mol. The van der Waals surface area contributed by atoms with Crippen molar-refractivity contribution in [2.24, 2.45) is 0 Å². The molecule has 3 rings (SSSR count). The van der Waals surface area contributed by atoms with Crippen LogP contribution in [0.5, 0.6) is 0 Å². The van der Waals surface area contributed by atoms with Gasteiger partial charge in [-0.25, -0.2) is 9.97 Å². The zero-order chi connectivity index (χ0) is 10.6. The first-order chi connectivity index (χ1) is 7.05. The molecule has 80 valence electrons. The summed E-state index contributed by atoms with van der Waals surface area (Å²) in [6.45, 7) is 6.55. The number of nitrogens with zero attached hydrogens (tertiary/aromatic N) is 2. The van der Waals surface area contributed by atoms with Gasteiger partial charge in [0.05, 0.1) is 5.69 Å². The maximum absolute atomic E-state index is 4.80. The average molecular weight is 202 g/mol. The predicted molar refractivity (Wildman–Crippen MR) is 60.1 cm³/mol. The van der Waals surface area contributed by atoms with Gasteiger partial charge in [-0.3, -0.25) is 0 Å². The highest BCUT2D eigenvalue weighted by Crippen LogP contribution is 2.52. The Balaban J connectivity index is 2.08. The van der Waals surface area contributed by atoms with E-state index in [-0.39, 0.29) is 5.41 Å². The van der Waals surface area contributed by atoms with Gasteiger partial charge in [0, 0.05) is 17.5 Å². The van der Waals surface area contributed by atoms with Crippen LogP contribution in [0, 0.1) is 0 Å². The van der Waals surface area contributed by atoms with E-state index >= 15 is 0 Å². The Labute approximate surface area is 91.1 Å². The molecule has 1 saturated carbocycles. The highest BCUT2D eigenvalue weighted by molar-refractivity contribution is 5.35. The van der Waals surface area contributed by atoms with E-state index in [2.05, 4.69) is 32.0 Å². The quantitative estimate of drug-likeness (QED) is 0.646. The fourth-order valence-corrected chi connectivity index (χ4v) is 2.92. The van der Waals surface area contributed by atoms with E-state index in [1.165, 1.54) is 30.5 Å². The third kappa shape index (κ3) is 1.30. The molecule has 2 aliphatic carbocycles. The predicted octanol–water partition coefficient (Wildman–Crippen LogP) is 3.14. The van der Waals surface area contributed by atoms with Crippen LogP contribution in [0.25, 0.3) is 0 Å². The third-order valence-corrected chi connectivity index (χ3v) is 3.78. The molecule has 0 N–H and O–H groups in total. The van der Waals surface area contributed by atoms with Crippen molar-refractivity contribution in [3.63, 3.8) is 0 Å². The zero-order valence-electron chi connectivity index (χ0n) is 9.75. The van der Waals surface area contributed by atoms with Crippen LogP contribution in [0.1, 0.15) is 69.0 Å². The van der Waals surface area contributed by atoms with Gasteiger partial charge in [-0.05, 0) is 30.7 Å². The smallest absolute Gasteiger partial charge is 0.133 e. The average Bonchev–Trinajstić information content (AvgIpc) is 2.76. The SMILES string of the molecule is CC(C)(C)c1ncc2c(n1)C1CCC2C1. The molecule has 2 unspecified atom stereocenters. The van der Waals surface area contributed by atoms with Crippen molar-refractivity contribution in [3.05, 3.63) is 23.3 Å². The molecular formula is C13H18N2. The fourth-order valence-electron chi connectivity index (χ4n) is 2.92. The second kappa shape index (κ2) is 2.81. The maximum atomic E-state index is 4.80. The molecule has 1 aromatic rings. The summed E-state index contributed by atoms with van der Waals surface area (Å²) in [7, 11) is 0. The van der Waals surface area contributed by atoms with E-state index in [0.29, 0.717) is 0 Å². The molecule has 1 fully saturated rings. The van der Waals surface area contributed by atoms with Crippen LogP contribution in [0.15, 0.2) is 6.20 Å². The minimum absolute atomic E-state index is 0.0802. The van der Waals surface area contributed by atoms with Gasteiger partial charge in [0.1, 0.15) is 5.82 Å². The van der Waals surface area contributed by atoms with Gasteiger partial charge >= 0.3 is 0 Å². The fraction of sp³-hybridized carbons (Fsp3) is 0.692. The van der Waals surface area contributed by atoms with Crippen LogP contribution >= 0.6 is 0 Å². The van der Waals surface area contributed by atoms with E-state index < -0.39 is 0 Å². The molecule has 0 spiro atoms. The molecule has 2 nitrogen and oxygen atoms in total. The summed E-state index contributed by atoms with van der Waals surface area (Å²) in [5.41, 5.74) is 2.89. The van der Waals surface area contributed by atoms with Crippen LogP contribution in [0.2, 0.25) is 0 Å². The number of rotatable bonds is 0. The van der Waals surface area contributed by atoms with Crippen molar-refractivity contribution < 1.29 is 0 Å². The monoisotopic (exact) mass is 202 g/mol. The lowest BCUT2D eigenvalue weighted by molar-refractivity contribution is 0.534. The first-order valence-electron chi connectivity index (χ1n) is 5.93. The van der Waals surface area contributed by atoms with Crippen molar-refractivity contribution >= 4 is 0 Å². The van der Waals surface area contributed by atoms with Crippen LogP contribution in [0.3, 0.4) is 0 Å². The van der Waals surface area contributed by atoms with E-state index in [9.17, 15) is 0 Å². The summed E-state index contributed by atoms with van der Waals surface area (Å²) in [6, 6.07) is 0. The second-order valence-corrected chi connectivity index (χ2v) is 5.99. The molecule has 2 bridgehead atoms. The number of fused-ring (bicyclic) bond motifs is 5. The summed E-state index contributed by atoms with van der Waals surface area (Å²) < 4.78 is 0. The molecule has 2 aliphatic rings. The Morgan fingerprint density at radius 3 is 2.67 bits per heavy atom. The molecule has 0 aliphatic heterocycles. The molecule has 1 aromatic heterocycles. The number of hydrogen-bond acceptors (Lipinski definition) is 2. The van der Waals surface area contributed by atoms with Gasteiger partial charge in [0.25, 0.3) is 0 Å². The third-order valence-electron chi connectivity index (χ3n) is 3.78. The normalized spacial score (nSPS) is 28.2. The molecule has 0 radical (unpaired) electrons. The summed E-state index contributed by atoms with van der Waals surface area (Å²) in [6.07, 6.45) is 6.12. The largest absolute Gasteiger partial charge is 0.240 e. The molecule has 2 atom stereocenters. The highest BCUT2D eigenvalue weighted by Gasteiger charge is 2.39. The Morgan fingerprint density at radius 1 is 1.20 bits per heavy atom. The zero-order valence-corrected chi connectivity index (χ0v) is 9.75. The Bertz CT molecular complexity index is 403. The minimum atomic E-state index is 0.0802. The van der Waals surface area contributed by atoms with E-state index in [1.54, 1.807) is 0 Å². The summed E-state index contributed by atoms with van der Waals surface area (Å²) in [5.74, 6) is 2.53. The van der Waals surface area contributed by atoms with Crippen molar-refractivity contribution in [2.45, 2.75) is 57.3 Å². The van der Waals surface area contributed by atoms with Crippen LogP contribution < -0.4 is 0 Å². The molecule has 15 heavy (non-hydrogen) atoms. The van der Waals surface area contributed by atoms with Crippen molar-refractivity contribution in [3.8, 4) is 0 Å². The van der Waals surface area contributed by atoms with Crippen molar-refractivity contribution in [1.29, 1.82) is 0 Å². The van der Waals surface area contributed by atoms with E-state index in [1.807, 2.05) is 0 Å². The standard InChI is InChI=1S/C13H18N2/c1-13(2,3)12-14-7-10-8-4-5-9(6-8)11(10)15-12/h7-9H,4-6H2,1-3H3. The summed E-state index contributed by atoms with van der Waals surface area (Å²) >= 11 is 0. The van der Waals surface area contributed by atoms with Gasteiger partial charge < -0.3 is 0 Å². The lowest BCUT2D eigenvalue weighted by Crippen LogP contribution is -2.18. The minimum Gasteiger partial charge on any atom is -0.240 e. The van der Waals surface area contributed by atoms with Crippen molar-refractivity contribution in [2.75, 3.05) is 0 Å². The molecule has 0 aromatic carbocycles. The van der Waals surface area contributed by atoms with Gasteiger partial charge in [-0.15, -0.1) is 0 Å². The Hall–Kier alpha value is -0.920. The van der Waals surface area contributed by atoms with Gasteiger partial charge in [-0.2, -0.15) is 0 Å². The Kier molecular flexibility index (Phi) is 1.74. The first kappa shape index (κ1) is 9.32. The lowest BCUT2D eigenvalue weighted by atomic mass is 9.93. The van der Waals surface area contributed by atoms with Crippen molar-refractivity contribution in [1.82, 2.24) is 9.97 Å². The van der Waals surface area contributed by atoms with Gasteiger partial charge in [0.15, 0.2) is 0 Å². The summed E-state index contributed by atoms with van der Waals surface area (Å²) in [5, 5.41) is 0. The second-order valence-electron chi connectivity index (χ2n) is 5.99. The molecule has 0 saturated heterocycles. The maximum Gasteiger partial charge on any atom is 0.133 e. The van der Waals surface area contributed by atoms with E-state index in [0.717, 1.165) is 17.7 Å². The number of hydrogen-bond donors (Lipinski definition) is 0. The molecule has 1 heterocycles. The van der Waals surface area contributed by atoms with E-state index in [4.69, 9.17) is 4.98 Å². The molecule has 2 heteroatoms. The molecule has 0 amide bonds. The van der Waals surface area contributed by atoms with Gasteiger partial charge in [-0.1, -0.05) is 20.8 Å². The number of aromatic nitrogens is 2.